The van der Waals surface area contributed by atoms with E-state index in [2.05, 4.69) is 67.6 Å². The standard InChI is InChI=1S/C30H40N4O4/c1-18-15-34(16-19(2)38-18)21-8-10-24(26(12-21)37-6)32-27(35)25-14-30(17-31-25)22-11-20(13-29(3,4)5)7-9-23(22)33-28(30)36/h7-12,18-19,25,31H,13-17H2,1-6H3,(H,32,35)(H,33,36). The first-order chi connectivity index (χ1) is 18.0. The third-order valence-corrected chi connectivity index (χ3v) is 7.76. The Hall–Kier alpha value is -3.10. The fourth-order valence-electron chi connectivity index (χ4n) is 6.13. The van der Waals surface area contributed by atoms with E-state index in [0.29, 0.717) is 24.4 Å². The van der Waals surface area contributed by atoms with Gasteiger partial charge >= 0.3 is 0 Å². The Morgan fingerprint density at radius 2 is 1.89 bits per heavy atom. The second-order valence-corrected chi connectivity index (χ2v) is 12.3. The van der Waals surface area contributed by atoms with Crippen molar-refractivity contribution in [2.24, 2.45) is 5.41 Å². The van der Waals surface area contributed by atoms with Crippen molar-refractivity contribution in [2.45, 2.75) is 71.1 Å². The number of hydrogen-bond acceptors (Lipinski definition) is 6. The molecule has 0 bridgehead atoms. The van der Waals surface area contributed by atoms with Gasteiger partial charge in [0.15, 0.2) is 0 Å². The van der Waals surface area contributed by atoms with Gasteiger partial charge in [-0.2, -0.15) is 0 Å². The molecular formula is C30H40N4O4. The van der Waals surface area contributed by atoms with Crippen molar-refractivity contribution < 1.29 is 19.1 Å². The van der Waals surface area contributed by atoms with Gasteiger partial charge < -0.3 is 30.3 Å². The first-order valence-electron chi connectivity index (χ1n) is 13.5. The van der Waals surface area contributed by atoms with Crippen LogP contribution in [0, 0.1) is 5.41 Å². The molecule has 38 heavy (non-hydrogen) atoms. The molecule has 2 aromatic rings. The number of ether oxygens (including phenoxy) is 2. The number of benzene rings is 2. The molecule has 3 aliphatic rings. The van der Waals surface area contributed by atoms with Crippen molar-refractivity contribution in [3.8, 4) is 5.75 Å². The van der Waals surface area contributed by atoms with Crippen LogP contribution in [0.5, 0.6) is 5.75 Å². The molecule has 5 rings (SSSR count). The van der Waals surface area contributed by atoms with Gasteiger partial charge in [-0.25, -0.2) is 0 Å². The normalized spacial score (nSPS) is 26.8. The van der Waals surface area contributed by atoms with E-state index in [0.717, 1.165) is 36.4 Å². The quantitative estimate of drug-likeness (QED) is 0.550. The number of rotatable bonds is 5. The SMILES string of the molecule is COc1cc(N2CC(C)OC(C)C2)ccc1NC(=O)C1CC2(CN1)C(=O)Nc1ccc(CC(C)(C)C)cc12. The third kappa shape index (κ3) is 5.12. The lowest BCUT2D eigenvalue weighted by molar-refractivity contribution is -0.120. The molecule has 2 amide bonds. The fourth-order valence-corrected chi connectivity index (χ4v) is 6.13. The maximum absolute atomic E-state index is 13.4. The van der Waals surface area contributed by atoms with Gasteiger partial charge in [0.1, 0.15) is 5.75 Å². The molecule has 8 heteroatoms. The highest BCUT2D eigenvalue weighted by Crippen LogP contribution is 2.44. The molecular weight excluding hydrogens is 480 g/mol. The van der Waals surface area contributed by atoms with Gasteiger partial charge in [0.2, 0.25) is 11.8 Å². The smallest absolute Gasteiger partial charge is 0.241 e. The lowest BCUT2D eigenvalue weighted by Gasteiger charge is -2.37. The Labute approximate surface area is 225 Å². The summed E-state index contributed by atoms with van der Waals surface area (Å²) in [4.78, 5) is 28.9. The van der Waals surface area contributed by atoms with Crippen molar-refractivity contribution in [1.82, 2.24) is 5.32 Å². The topological polar surface area (TPSA) is 91.9 Å². The Bertz CT molecular complexity index is 1230. The van der Waals surface area contributed by atoms with Crippen molar-refractivity contribution >= 4 is 28.9 Å². The fraction of sp³-hybridized carbons (Fsp3) is 0.533. The van der Waals surface area contributed by atoms with E-state index in [1.165, 1.54) is 5.56 Å². The second-order valence-electron chi connectivity index (χ2n) is 12.3. The number of hydrogen-bond donors (Lipinski definition) is 3. The van der Waals surface area contributed by atoms with Gasteiger partial charge in [-0.1, -0.05) is 32.9 Å². The van der Waals surface area contributed by atoms with Crippen LogP contribution in [0.1, 0.15) is 52.2 Å². The predicted molar refractivity (Wildman–Crippen MR) is 150 cm³/mol. The number of methoxy groups -OCH3 is 1. The van der Waals surface area contributed by atoms with E-state index in [9.17, 15) is 9.59 Å². The minimum Gasteiger partial charge on any atom is -0.494 e. The molecule has 8 nitrogen and oxygen atoms in total. The van der Waals surface area contributed by atoms with Gasteiger partial charge in [-0.05, 0) is 61.4 Å². The van der Waals surface area contributed by atoms with Gasteiger partial charge in [0, 0.05) is 37.1 Å². The Morgan fingerprint density at radius 1 is 1.16 bits per heavy atom. The highest BCUT2D eigenvalue weighted by molar-refractivity contribution is 6.08. The Balaban J connectivity index is 1.31. The van der Waals surface area contributed by atoms with Crippen molar-refractivity contribution in [2.75, 3.05) is 42.3 Å². The summed E-state index contributed by atoms with van der Waals surface area (Å²) in [5.41, 5.74) is 4.08. The Kier molecular flexibility index (Phi) is 6.90. The zero-order valence-electron chi connectivity index (χ0n) is 23.3. The summed E-state index contributed by atoms with van der Waals surface area (Å²) in [6.07, 6.45) is 1.61. The zero-order chi connectivity index (χ0) is 27.2. The van der Waals surface area contributed by atoms with Gasteiger partial charge in [0.05, 0.1) is 36.5 Å². The molecule has 2 saturated heterocycles. The van der Waals surface area contributed by atoms with E-state index in [4.69, 9.17) is 9.47 Å². The molecule has 2 fully saturated rings. The molecule has 0 saturated carbocycles. The minimum absolute atomic E-state index is 0.0425. The highest BCUT2D eigenvalue weighted by Gasteiger charge is 2.53. The molecule has 3 N–H and O–H groups in total. The van der Waals surface area contributed by atoms with Crippen LogP contribution in [0.25, 0.3) is 0 Å². The van der Waals surface area contributed by atoms with Crippen molar-refractivity contribution in [3.05, 3.63) is 47.5 Å². The number of nitrogens with zero attached hydrogens (tertiary/aromatic N) is 1. The lowest BCUT2D eigenvalue weighted by atomic mass is 9.78. The van der Waals surface area contributed by atoms with E-state index in [1.807, 2.05) is 24.3 Å². The summed E-state index contributed by atoms with van der Waals surface area (Å²) in [7, 11) is 1.61. The molecule has 1 spiro atoms. The van der Waals surface area contributed by atoms with Gasteiger partial charge in [-0.3, -0.25) is 9.59 Å². The van der Waals surface area contributed by atoms with Crippen LogP contribution in [-0.2, 0) is 26.2 Å². The van der Waals surface area contributed by atoms with Gasteiger partial charge in [-0.15, -0.1) is 0 Å². The van der Waals surface area contributed by atoms with Crippen LogP contribution < -0.4 is 25.6 Å². The predicted octanol–water partition coefficient (Wildman–Crippen LogP) is 4.09. The van der Waals surface area contributed by atoms with Crippen molar-refractivity contribution in [1.29, 1.82) is 0 Å². The third-order valence-electron chi connectivity index (χ3n) is 7.76. The number of carbonyl (C=O) groups excluding carboxylic acids is 2. The van der Waals surface area contributed by atoms with E-state index in [1.54, 1.807) is 7.11 Å². The van der Waals surface area contributed by atoms with E-state index < -0.39 is 11.5 Å². The van der Waals surface area contributed by atoms with E-state index >= 15 is 0 Å². The molecule has 204 valence electrons. The molecule has 4 atom stereocenters. The molecule has 0 radical (unpaired) electrons. The van der Waals surface area contributed by atoms with Crippen LogP contribution in [0.4, 0.5) is 17.1 Å². The van der Waals surface area contributed by atoms with Crippen LogP contribution in [-0.4, -0.2) is 56.8 Å². The van der Waals surface area contributed by atoms with E-state index in [-0.39, 0.29) is 29.4 Å². The highest BCUT2D eigenvalue weighted by atomic mass is 16.5. The summed E-state index contributed by atoms with van der Waals surface area (Å²) in [5, 5.41) is 9.41. The number of fused-ring (bicyclic) bond motifs is 2. The van der Waals surface area contributed by atoms with Crippen LogP contribution in [0.3, 0.4) is 0 Å². The zero-order valence-corrected chi connectivity index (χ0v) is 23.3. The minimum atomic E-state index is -0.747. The summed E-state index contributed by atoms with van der Waals surface area (Å²) in [6, 6.07) is 11.6. The first-order valence-corrected chi connectivity index (χ1v) is 13.5. The number of amides is 2. The summed E-state index contributed by atoms with van der Waals surface area (Å²) in [5.74, 6) is 0.388. The second kappa shape index (κ2) is 9.89. The first kappa shape index (κ1) is 26.5. The maximum atomic E-state index is 13.4. The monoisotopic (exact) mass is 520 g/mol. The molecule has 3 heterocycles. The number of anilines is 3. The van der Waals surface area contributed by atoms with Crippen LogP contribution in [0.2, 0.25) is 0 Å². The number of carbonyl (C=O) groups is 2. The Morgan fingerprint density at radius 3 is 2.58 bits per heavy atom. The van der Waals surface area contributed by atoms with Crippen molar-refractivity contribution in [3.63, 3.8) is 0 Å². The maximum Gasteiger partial charge on any atom is 0.241 e. The summed E-state index contributed by atoms with van der Waals surface area (Å²) >= 11 is 0. The summed E-state index contributed by atoms with van der Waals surface area (Å²) < 4.78 is 11.5. The lowest BCUT2D eigenvalue weighted by Crippen LogP contribution is -2.45. The van der Waals surface area contributed by atoms with Crippen LogP contribution in [0.15, 0.2) is 36.4 Å². The number of nitrogens with one attached hydrogen (secondary N) is 3. The molecule has 4 unspecified atom stereocenters. The van der Waals surface area contributed by atoms with Crippen LogP contribution >= 0.6 is 0 Å². The van der Waals surface area contributed by atoms with Gasteiger partial charge in [0.25, 0.3) is 0 Å². The number of morpholine rings is 1. The molecule has 2 aromatic carbocycles. The largest absolute Gasteiger partial charge is 0.494 e. The molecule has 3 aliphatic heterocycles. The summed E-state index contributed by atoms with van der Waals surface area (Å²) in [6.45, 7) is 12.8. The molecule has 0 aliphatic carbocycles. The average Bonchev–Trinajstić information content (AvgIpc) is 3.40. The average molecular weight is 521 g/mol. The molecule has 0 aromatic heterocycles.